The normalized spacial score (nSPS) is 21.5. The zero-order chi connectivity index (χ0) is 28.5. The van der Waals surface area contributed by atoms with Gasteiger partial charge >= 0.3 is 0 Å². The van der Waals surface area contributed by atoms with Gasteiger partial charge in [0.25, 0.3) is 5.69 Å². The smallest absolute Gasteiger partial charge is 0.269 e. The average molecular weight is 541 g/mol. The molecule has 1 aliphatic carbocycles. The van der Waals surface area contributed by atoms with Crippen molar-refractivity contribution in [2.24, 2.45) is 5.41 Å². The van der Waals surface area contributed by atoms with Crippen LogP contribution in [0.1, 0.15) is 53.7 Å². The summed E-state index contributed by atoms with van der Waals surface area (Å²) < 4.78 is 0. The number of hydrogen-bond donors (Lipinski definition) is 0. The third kappa shape index (κ3) is 3.35. The Balaban J connectivity index is 1.55. The number of carbonyl (C=O) groups is 3. The molecule has 1 fully saturated rings. The lowest BCUT2D eigenvalue weighted by molar-refractivity contribution is -0.384. The lowest BCUT2D eigenvalue weighted by atomic mass is 9.64. The van der Waals surface area contributed by atoms with E-state index in [1.807, 2.05) is 48.2 Å². The molecule has 0 radical (unpaired) electrons. The van der Waals surface area contributed by atoms with Gasteiger partial charge in [0.15, 0.2) is 17.3 Å². The maximum Gasteiger partial charge on any atom is 0.269 e. The van der Waals surface area contributed by atoms with E-state index in [9.17, 15) is 24.5 Å². The highest BCUT2D eigenvalue weighted by atomic mass is 16.6. The maximum atomic E-state index is 14.6. The monoisotopic (exact) mass is 540 g/mol. The molecule has 7 rings (SSSR count). The molecule has 0 amide bonds. The summed E-state index contributed by atoms with van der Waals surface area (Å²) in [6.45, 7) is 1.96. The third-order valence-corrected chi connectivity index (χ3v) is 8.75. The molecule has 1 unspecified atom stereocenters. The number of nitrogens with zero attached hydrogens (tertiary/aromatic N) is 2. The van der Waals surface area contributed by atoms with Crippen LogP contribution in [-0.2, 0) is 0 Å². The minimum atomic E-state index is -1.65. The first-order valence-corrected chi connectivity index (χ1v) is 13.4. The number of non-ortho nitro benzene ring substituents is 1. The second kappa shape index (κ2) is 8.93. The van der Waals surface area contributed by atoms with Gasteiger partial charge in [0.2, 0.25) is 0 Å². The van der Waals surface area contributed by atoms with Crippen molar-refractivity contribution in [2.75, 3.05) is 4.90 Å². The van der Waals surface area contributed by atoms with Gasteiger partial charge in [0, 0.05) is 40.4 Å². The van der Waals surface area contributed by atoms with Crippen molar-refractivity contribution in [1.29, 1.82) is 0 Å². The third-order valence-electron chi connectivity index (χ3n) is 8.75. The number of nitro benzene ring substituents is 1. The van der Waals surface area contributed by atoms with E-state index < -0.39 is 28.3 Å². The largest absolute Gasteiger partial charge is 0.352 e. The molecule has 2 heterocycles. The number of ketones is 3. The molecule has 0 N–H and O–H groups in total. The molecule has 0 saturated carbocycles. The Morgan fingerprint density at radius 3 is 2.12 bits per heavy atom. The minimum absolute atomic E-state index is 0.113. The van der Waals surface area contributed by atoms with Gasteiger partial charge in [-0.2, -0.15) is 0 Å². The first-order valence-electron chi connectivity index (χ1n) is 13.4. The zero-order valence-electron chi connectivity index (χ0n) is 22.1. The van der Waals surface area contributed by atoms with Crippen LogP contribution in [0.3, 0.4) is 0 Å². The SMILES string of the molecule is Cc1ccc2c(c1)N1C(C=C2)C2(C(=O)c3ccccc3C2=O)[C@H](c2ccc([N+](=O)[O-])cc2)[C@H]1C(=O)c1ccccc1. The van der Waals surface area contributed by atoms with Crippen LogP contribution in [0.25, 0.3) is 6.08 Å². The molecule has 2 aliphatic heterocycles. The van der Waals surface area contributed by atoms with Gasteiger partial charge < -0.3 is 4.90 Å². The number of nitro groups is 1. The predicted molar refractivity (Wildman–Crippen MR) is 154 cm³/mol. The number of fused-ring (bicyclic) bond motifs is 5. The average Bonchev–Trinajstić information content (AvgIpc) is 3.43. The highest BCUT2D eigenvalue weighted by Crippen LogP contribution is 2.61. The van der Waals surface area contributed by atoms with Crippen LogP contribution in [0.2, 0.25) is 0 Å². The van der Waals surface area contributed by atoms with Crippen LogP contribution in [-0.4, -0.2) is 34.4 Å². The molecule has 1 saturated heterocycles. The van der Waals surface area contributed by atoms with Gasteiger partial charge in [-0.3, -0.25) is 24.5 Å². The standard InChI is InChI=1S/C34H24N2O5/c1-20-11-12-21-15-18-28-34(32(38)25-9-5-6-10-26(25)33(34)39)29(22-13-16-24(17-14-22)36(40)41)30(35(28)27(21)19-20)31(37)23-7-3-2-4-8-23/h2-19,28-30H,1H3/t28?,29-,30+/m1/s1. The molecule has 3 aliphatic rings. The molecule has 7 nitrogen and oxygen atoms in total. The Kier molecular flexibility index (Phi) is 5.41. The molecule has 7 heteroatoms. The molecule has 4 aromatic rings. The topological polar surface area (TPSA) is 97.6 Å². The van der Waals surface area contributed by atoms with Crippen LogP contribution in [0, 0.1) is 22.5 Å². The van der Waals surface area contributed by atoms with Crippen molar-refractivity contribution in [3.8, 4) is 0 Å². The maximum absolute atomic E-state index is 14.6. The minimum Gasteiger partial charge on any atom is -0.352 e. The van der Waals surface area contributed by atoms with E-state index in [0.717, 1.165) is 16.8 Å². The van der Waals surface area contributed by atoms with Gasteiger partial charge in [0.1, 0.15) is 11.5 Å². The van der Waals surface area contributed by atoms with E-state index in [4.69, 9.17) is 0 Å². The van der Waals surface area contributed by atoms with Crippen LogP contribution in [0.5, 0.6) is 0 Å². The Morgan fingerprint density at radius 1 is 0.854 bits per heavy atom. The number of benzene rings is 4. The summed E-state index contributed by atoms with van der Waals surface area (Å²) in [5.74, 6) is -1.80. The Hall–Kier alpha value is -5.17. The second-order valence-corrected chi connectivity index (χ2v) is 10.8. The van der Waals surface area contributed by atoms with Crippen LogP contribution >= 0.6 is 0 Å². The van der Waals surface area contributed by atoms with Crippen LogP contribution in [0.4, 0.5) is 11.4 Å². The van der Waals surface area contributed by atoms with E-state index in [1.54, 1.807) is 60.7 Å². The lowest BCUT2D eigenvalue weighted by Crippen LogP contribution is -2.48. The summed E-state index contributed by atoms with van der Waals surface area (Å²) in [6, 6.07) is 25.8. The van der Waals surface area contributed by atoms with Crippen molar-refractivity contribution < 1.29 is 19.3 Å². The fraction of sp³-hybridized carbons (Fsp3) is 0.147. The van der Waals surface area contributed by atoms with Crippen molar-refractivity contribution in [3.05, 3.63) is 147 Å². The fourth-order valence-electron chi connectivity index (χ4n) is 7.02. The van der Waals surface area contributed by atoms with Crippen molar-refractivity contribution in [2.45, 2.75) is 24.9 Å². The van der Waals surface area contributed by atoms with Crippen molar-refractivity contribution >= 4 is 34.8 Å². The summed E-state index contributed by atoms with van der Waals surface area (Å²) in [5.41, 5.74) is 2.52. The number of anilines is 1. The van der Waals surface area contributed by atoms with Gasteiger partial charge in [-0.1, -0.05) is 91.0 Å². The number of aryl methyl sites for hydroxylation is 1. The van der Waals surface area contributed by atoms with Crippen molar-refractivity contribution in [1.82, 2.24) is 0 Å². The molecule has 3 atom stereocenters. The van der Waals surface area contributed by atoms with Crippen LogP contribution in [0.15, 0.2) is 103 Å². The number of carbonyl (C=O) groups excluding carboxylic acids is 3. The molecule has 0 bridgehead atoms. The first-order chi connectivity index (χ1) is 19.8. The fourth-order valence-corrected chi connectivity index (χ4v) is 7.02. The molecule has 200 valence electrons. The molecule has 41 heavy (non-hydrogen) atoms. The Labute approximate surface area is 235 Å². The Bertz CT molecular complexity index is 1770. The van der Waals surface area contributed by atoms with Gasteiger partial charge in [-0.25, -0.2) is 0 Å². The lowest BCUT2D eigenvalue weighted by Gasteiger charge is -2.37. The predicted octanol–water partition coefficient (Wildman–Crippen LogP) is 6.22. The van der Waals surface area contributed by atoms with E-state index in [1.165, 1.54) is 12.1 Å². The number of Topliss-reactive ketones (excluding diaryl/α,β-unsaturated/α-hetero) is 3. The molecular weight excluding hydrogens is 516 g/mol. The van der Waals surface area contributed by atoms with Gasteiger partial charge in [-0.05, 0) is 29.7 Å². The molecular formula is C34H24N2O5. The zero-order valence-corrected chi connectivity index (χ0v) is 22.1. The Morgan fingerprint density at radius 2 is 1.49 bits per heavy atom. The molecule has 0 aromatic heterocycles. The van der Waals surface area contributed by atoms with Crippen LogP contribution < -0.4 is 4.90 Å². The molecule has 1 spiro atoms. The quantitative estimate of drug-likeness (QED) is 0.132. The van der Waals surface area contributed by atoms with E-state index in [0.29, 0.717) is 22.3 Å². The highest BCUT2D eigenvalue weighted by molar-refractivity contribution is 6.32. The van der Waals surface area contributed by atoms with E-state index in [-0.39, 0.29) is 23.0 Å². The van der Waals surface area contributed by atoms with Crippen molar-refractivity contribution in [3.63, 3.8) is 0 Å². The van der Waals surface area contributed by atoms with E-state index in [2.05, 4.69) is 0 Å². The summed E-state index contributed by atoms with van der Waals surface area (Å²) in [7, 11) is 0. The highest BCUT2D eigenvalue weighted by Gasteiger charge is 2.71. The number of rotatable bonds is 4. The second-order valence-electron chi connectivity index (χ2n) is 10.8. The first kappa shape index (κ1) is 24.8. The summed E-state index contributed by atoms with van der Waals surface area (Å²) >= 11 is 0. The summed E-state index contributed by atoms with van der Waals surface area (Å²) in [4.78, 5) is 56.8. The summed E-state index contributed by atoms with van der Waals surface area (Å²) in [6.07, 6.45) is 3.79. The summed E-state index contributed by atoms with van der Waals surface area (Å²) in [5, 5.41) is 11.5. The number of hydrogen-bond acceptors (Lipinski definition) is 6. The van der Waals surface area contributed by atoms with E-state index >= 15 is 0 Å². The molecule has 4 aromatic carbocycles. The van der Waals surface area contributed by atoms with Gasteiger partial charge in [0.05, 0.1) is 11.0 Å². The van der Waals surface area contributed by atoms with Gasteiger partial charge in [-0.15, -0.1) is 0 Å².